The van der Waals surface area contributed by atoms with Crippen molar-refractivity contribution in [3.63, 3.8) is 0 Å². The zero-order valence-corrected chi connectivity index (χ0v) is 17.7. The van der Waals surface area contributed by atoms with Gasteiger partial charge >= 0.3 is 0 Å². The van der Waals surface area contributed by atoms with E-state index in [1.54, 1.807) is 14.2 Å². The van der Waals surface area contributed by atoms with Gasteiger partial charge in [-0.05, 0) is 40.7 Å². The van der Waals surface area contributed by atoms with Crippen LogP contribution in [-0.2, 0) is 6.54 Å². The summed E-state index contributed by atoms with van der Waals surface area (Å²) in [5.41, 5.74) is 2.25. The molecule has 0 saturated carbocycles. The predicted octanol–water partition coefficient (Wildman–Crippen LogP) is 2.08. The lowest BCUT2D eigenvalue weighted by Gasteiger charge is -2.37. The Balaban J connectivity index is 1.73. The van der Waals surface area contributed by atoms with Crippen LogP contribution in [0, 0.1) is 0 Å². The van der Waals surface area contributed by atoms with Crippen LogP contribution in [0.2, 0.25) is 0 Å². The quantitative estimate of drug-likeness (QED) is 0.593. The first kappa shape index (κ1) is 20.3. The van der Waals surface area contributed by atoms with Crippen molar-refractivity contribution < 1.29 is 9.47 Å². The molecular weight excluding hydrogens is 380 g/mol. The fourth-order valence-electron chi connectivity index (χ4n) is 3.90. The molecule has 2 heterocycles. The second kappa shape index (κ2) is 9.23. The molecule has 1 atom stereocenters. The van der Waals surface area contributed by atoms with Crippen molar-refractivity contribution in [3.8, 4) is 11.5 Å². The first-order valence-electron chi connectivity index (χ1n) is 10.1. The van der Waals surface area contributed by atoms with Gasteiger partial charge in [0.2, 0.25) is 0 Å². The highest BCUT2D eigenvalue weighted by Crippen LogP contribution is 2.35. The molecule has 0 unspecified atom stereocenters. The monoisotopic (exact) mass is 408 g/mol. The predicted molar refractivity (Wildman–Crippen MR) is 114 cm³/mol. The topological polar surface area (TPSA) is 68.5 Å². The summed E-state index contributed by atoms with van der Waals surface area (Å²) in [6.45, 7) is 4.51. The maximum Gasteiger partial charge on any atom is 0.173 e. The summed E-state index contributed by atoms with van der Waals surface area (Å²) in [6.07, 6.45) is 0. The molecule has 0 N–H and O–H groups in total. The molecule has 8 heteroatoms. The Morgan fingerprint density at radius 2 is 1.67 bits per heavy atom. The van der Waals surface area contributed by atoms with Gasteiger partial charge in [-0.25, -0.2) is 4.68 Å². The highest BCUT2D eigenvalue weighted by molar-refractivity contribution is 5.45. The number of hydrogen-bond acceptors (Lipinski definition) is 7. The molecule has 0 amide bonds. The maximum absolute atomic E-state index is 5.56. The van der Waals surface area contributed by atoms with E-state index in [9.17, 15) is 0 Å². The van der Waals surface area contributed by atoms with E-state index in [4.69, 9.17) is 9.47 Å². The van der Waals surface area contributed by atoms with Gasteiger partial charge in [-0.15, -0.1) is 5.10 Å². The SMILES string of the molecule is COc1ccc([C@H](c2nnnn2Cc2ccccc2)N2CCN(C)CC2)cc1OC. The molecule has 158 valence electrons. The van der Waals surface area contributed by atoms with Crippen molar-refractivity contribution in [2.24, 2.45) is 0 Å². The van der Waals surface area contributed by atoms with Crippen LogP contribution in [0.5, 0.6) is 11.5 Å². The number of rotatable bonds is 7. The van der Waals surface area contributed by atoms with Crippen LogP contribution in [0.4, 0.5) is 0 Å². The van der Waals surface area contributed by atoms with E-state index >= 15 is 0 Å². The number of hydrogen-bond donors (Lipinski definition) is 0. The second-order valence-electron chi connectivity index (χ2n) is 7.54. The summed E-state index contributed by atoms with van der Waals surface area (Å²) < 4.78 is 12.9. The molecule has 4 rings (SSSR count). The van der Waals surface area contributed by atoms with Gasteiger partial charge in [0.15, 0.2) is 17.3 Å². The summed E-state index contributed by atoms with van der Waals surface area (Å²) in [7, 11) is 5.46. The number of tetrazole rings is 1. The van der Waals surface area contributed by atoms with Crippen LogP contribution >= 0.6 is 0 Å². The molecule has 8 nitrogen and oxygen atoms in total. The van der Waals surface area contributed by atoms with Gasteiger partial charge in [0.05, 0.1) is 26.8 Å². The van der Waals surface area contributed by atoms with Crippen molar-refractivity contribution in [1.29, 1.82) is 0 Å². The highest BCUT2D eigenvalue weighted by Gasteiger charge is 2.30. The van der Waals surface area contributed by atoms with Gasteiger partial charge in [-0.3, -0.25) is 4.90 Å². The van der Waals surface area contributed by atoms with Crippen LogP contribution in [0.3, 0.4) is 0 Å². The third kappa shape index (κ3) is 4.29. The molecule has 1 aromatic heterocycles. The molecule has 2 aromatic carbocycles. The molecule has 0 spiro atoms. The van der Waals surface area contributed by atoms with Crippen molar-refractivity contribution in [2.75, 3.05) is 47.4 Å². The average Bonchev–Trinajstić information content (AvgIpc) is 3.23. The number of ether oxygens (including phenoxy) is 2. The lowest BCUT2D eigenvalue weighted by molar-refractivity contribution is 0.121. The molecule has 1 saturated heterocycles. The molecule has 1 fully saturated rings. The van der Waals surface area contributed by atoms with Crippen LogP contribution in [0.1, 0.15) is 23.0 Å². The zero-order chi connectivity index (χ0) is 20.9. The van der Waals surface area contributed by atoms with Crippen molar-refractivity contribution >= 4 is 0 Å². The average molecular weight is 409 g/mol. The first-order valence-corrected chi connectivity index (χ1v) is 10.1. The van der Waals surface area contributed by atoms with E-state index in [0.717, 1.165) is 43.1 Å². The Morgan fingerprint density at radius 1 is 0.933 bits per heavy atom. The largest absolute Gasteiger partial charge is 0.493 e. The third-order valence-corrected chi connectivity index (χ3v) is 5.61. The Labute approximate surface area is 177 Å². The van der Waals surface area contributed by atoms with E-state index in [0.29, 0.717) is 18.0 Å². The van der Waals surface area contributed by atoms with Gasteiger partial charge in [-0.2, -0.15) is 0 Å². The van der Waals surface area contributed by atoms with Crippen LogP contribution in [0.25, 0.3) is 0 Å². The number of aromatic nitrogens is 4. The molecule has 0 bridgehead atoms. The molecule has 3 aromatic rings. The van der Waals surface area contributed by atoms with Crippen molar-refractivity contribution in [3.05, 3.63) is 65.5 Å². The molecule has 30 heavy (non-hydrogen) atoms. The molecule has 0 radical (unpaired) electrons. The lowest BCUT2D eigenvalue weighted by Crippen LogP contribution is -2.46. The lowest BCUT2D eigenvalue weighted by atomic mass is 10.0. The number of nitrogens with zero attached hydrogens (tertiary/aromatic N) is 6. The Morgan fingerprint density at radius 3 is 2.37 bits per heavy atom. The zero-order valence-electron chi connectivity index (χ0n) is 17.7. The Hall–Kier alpha value is -2.97. The fraction of sp³-hybridized carbons (Fsp3) is 0.409. The molecular formula is C22H28N6O2. The number of piperazine rings is 1. The molecule has 0 aliphatic carbocycles. The van der Waals surface area contributed by atoms with Crippen LogP contribution in [-0.4, -0.2) is 77.5 Å². The summed E-state index contributed by atoms with van der Waals surface area (Å²) in [5.74, 6) is 2.24. The minimum atomic E-state index is -0.0720. The number of likely N-dealkylation sites (N-methyl/N-ethyl adjacent to an activating group) is 1. The van der Waals surface area contributed by atoms with E-state index in [1.165, 1.54) is 0 Å². The smallest absolute Gasteiger partial charge is 0.173 e. The van der Waals surface area contributed by atoms with Gasteiger partial charge in [0.1, 0.15) is 0 Å². The molecule has 1 aliphatic heterocycles. The normalized spacial score (nSPS) is 16.4. The highest BCUT2D eigenvalue weighted by atomic mass is 16.5. The van der Waals surface area contributed by atoms with Gasteiger partial charge < -0.3 is 14.4 Å². The number of benzene rings is 2. The summed E-state index contributed by atoms with van der Waals surface area (Å²) >= 11 is 0. The van der Waals surface area contributed by atoms with Crippen LogP contribution < -0.4 is 9.47 Å². The van der Waals surface area contributed by atoms with Crippen molar-refractivity contribution in [1.82, 2.24) is 30.0 Å². The third-order valence-electron chi connectivity index (χ3n) is 5.61. The van der Waals surface area contributed by atoms with Gasteiger partial charge in [-0.1, -0.05) is 36.4 Å². The standard InChI is InChI=1S/C22H28N6O2/c1-26-11-13-27(14-12-26)21(18-9-10-19(29-2)20(15-18)30-3)22-23-24-25-28(22)16-17-7-5-4-6-8-17/h4-10,15,21H,11-14,16H2,1-3H3/t21-/m1/s1. The Kier molecular flexibility index (Phi) is 6.25. The van der Waals surface area contributed by atoms with E-state index in [1.807, 2.05) is 35.0 Å². The molecule has 1 aliphatic rings. The number of methoxy groups -OCH3 is 2. The van der Waals surface area contributed by atoms with Crippen molar-refractivity contribution in [2.45, 2.75) is 12.6 Å². The van der Waals surface area contributed by atoms with E-state index in [-0.39, 0.29) is 6.04 Å². The second-order valence-corrected chi connectivity index (χ2v) is 7.54. The minimum absolute atomic E-state index is 0.0720. The summed E-state index contributed by atoms with van der Waals surface area (Å²) in [4.78, 5) is 4.78. The van der Waals surface area contributed by atoms with E-state index in [2.05, 4.69) is 50.6 Å². The van der Waals surface area contributed by atoms with Gasteiger partial charge in [0, 0.05) is 26.2 Å². The van der Waals surface area contributed by atoms with E-state index < -0.39 is 0 Å². The summed E-state index contributed by atoms with van der Waals surface area (Å²) in [5, 5.41) is 12.8. The first-order chi connectivity index (χ1) is 14.7. The fourth-order valence-corrected chi connectivity index (χ4v) is 3.90. The maximum atomic E-state index is 5.56. The van der Waals surface area contributed by atoms with Gasteiger partial charge in [0.25, 0.3) is 0 Å². The minimum Gasteiger partial charge on any atom is -0.493 e. The summed E-state index contributed by atoms with van der Waals surface area (Å²) in [6, 6.07) is 16.2. The van der Waals surface area contributed by atoms with Crippen LogP contribution in [0.15, 0.2) is 48.5 Å². The Bertz CT molecular complexity index is 953.